The maximum Gasteiger partial charge on any atom is 0.209 e. The topological polar surface area (TPSA) is 46.6 Å². The van der Waals surface area contributed by atoms with E-state index < -0.39 is 0 Å². The number of nitrogens with zero attached hydrogens (tertiary/aromatic N) is 1. The quantitative estimate of drug-likeness (QED) is 0.666. The van der Waals surface area contributed by atoms with Crippen molar-refractivity contribution in [3.63, 3.8) is 0 Å². The summed E-state index contributed by atoms with van der Waals surface area (Å²) in [5.41, 5.74) is 0.0417. The van der Waals surface area contributed by atoms with Gasteiger partial charge >= 0.3 is 0 Å². The van der Waals surface area contributed by atoms with Gasteiger partial charge in [0.25, 0.3) is 0 Å². The monoisotopic (exact) mass is 245 g/mol. The number of carbonyl (C=O) groups is 2. The number of hydrogen-bond donors (Lipinski definition) is 0. The maximum atomic E-state index is 10.6. The van der Waals surface area contributed by atoms with Crippen molar-refractivity contribution in [3.05, 3.63) is 0 Å². The molecule has 1 aliphatic rings. The SMILES string of the molecule is CC.COC(C)(C)C.O=CN1CCC(=O)CC1. The van der Waals surface area contributed by atoms with Crippen molar-refractivity contribution in [3.8, 4) is 0 Å². The average molecular weight is 245 g/mol. The third-order valence-electron chi connectivity index (χ3n) is 2.12. The molecule has 102 valence electrons. The molecule has 1 amide bonds. The van der Waals surface area contributed by atoms with Crippen molar-refractivity contribution in [1.29, 1.82) is 0 Å². The summed E-state index contributed by atoms with van der Waals surface area (Å²) in [4.78, 5) is 22.3. The first kappa shape index (κ1) is 18.5. The van der Waals surface area contributed by atoms with Crippen LogP contribution in [0.5, 0.6) is 0 Å². The summed E-state index contributed by atoms with van der Waals surface area (Å²) in [5, 5.41) is 0. The van der Waals surface area contributed by atoms with Crippen molar-refractivity contribution >= 4 is 12.2 Å². The lowest BCUT2D eigenvalue weighted by Gasteiger charge is -2.20. The van der Waals surface area contributed by atoms with Gasteiger partial charge in [0, 0.05) is 33.0 Å². The fraction of sp³-hybridized carbons (Fsp3) is 0.846. The first-order valence-electron chi connectivity index (χ1n) is 6.15. The number of likely N-dealkylation sites (tertiary alicyclic amines) is 1. The molecule has 0 unspecified atom stereocenters. The first-order chi connectivity index (χ1) is 7.89. The van der Waals surface area contributed by atoms with Crippen molar-refractivity contribution in [1.82, 2.24) is 4.90 Å². The standard InChI is InChI=1S/C6H9NO2.C5H12O.C2H6/c8-5-7-3-1-6(9)2-4-7;1-5(2,3)6-4;1-2/h5H,1-4H2;1-4H3;1-2H3. The van der Waals surface area contributed by atoms with Crippen molar-refractivity contribution < 1.29 is 14.3 Å². The first-order valence-corrected chi connectivity index (χ1v) is 6.15. The lowest BCUT2D eigenvalue weighted by Crippen LogP contribution is -2.32. The third-order valence-corrected chi connectivity index (χ3v) is 2.12. The number of ketones is 1. The van der Waals surface area contributed by atoms with Crippen LogP contribution in [0.4, 0.5) is 0 Å². The molecule has 17 heavy (non-hydrogen) atoms. The number of Topliss-reactive ketones (excluding diaryl/α,β-unsaturated/α-hetero) is 1. The Balaban J connectivity index is 0. The van der Waals surface area contributed by atoms with E-state index in [4.69, 9.17) is 4.74 Å². The molecule has 0 aromatic heterocycles. The van der Waals surface area contributed by atoms with Crippen LogP contribution in [-0.4, -0.2) is 42.9 Å². The smallest absolute Gasteiger partial charge is 0.209 e. The molecule has 1 aliphatic heterocycles. The number of carbonyl (C=O) groups excluding carboxylic acids is 2. The number of amides is 1. The van der Waals surface area contributed by atoms with E-state index in [1.165, 1.54) is 0 Å². The Hall–Kier alpha value is -0.900. The Bertz CT molecular complexity index is 199. The van der Waals surface area contributed by atoms with Gasteiger partial charge in [-0.2, -0.15) is 0 Å². The second kappa shape index (κ2) is 10.3. The molecule has 0 aromatic rings. The lowest BCUT2D eigenvalue weighted by atomic mass is 10.1. The predicted octanol–water partition coefficient (Wildman–Crippen LogP) is 2.27. The van der Waals surface area contributed by atoms with E-state index in [1.54, 1.807) is 12.0 Å². The van der Waals surface area contributed by atoms with Gasteiger partial charge in [-0.1, -0.05) is 13.8 Å². The Morgan fingerprint density at radius 3 is 1.76 bits per heavy atom. The van der Waals surface area contributed by atoms with Crippen molar-refractivity contribution in [2.24, 2.45) is 0 Å². The zero-order chi connectivity index (χ0) is 13.9. The minimum Gasteiger partial charge on any atom is -0.379 e. The molecule has 1 rings (SSSR count). The number of rotatable bonds is 1. The van der Waals surface area contributed by atoms with Gasteiger partial charge in [-0.3, -0.25) is 9.59 Å². The average Bonchev–Trinajstić information content (AvgIpc) is 2.33. The molecule has 0 aliphatic carbocycles. The molecule has 0 bridgehead atoms. The molecule has 0 atom stereocenters. The highest BCUT2D eigenvalue weighted by Gasteiger charge is 2.13. The van der Waals surface area contributed by atoms with E-state index in [9.17, 15) is 9.59 Å². The summed E-state index contributed by atoms with van der Waals surface area (Å²) >= 11 is 0. The van der Waals surface area contributed by atoms with Crippen LogP contribution >= 0.6 is 0 Å². The second-order valence-electron chi connectivity index (χ2n) is 4.50. The van der Waals surface area contributed by atoms with Crippen LogP contribution in [-0.2, 0) is 14.3 Å². The molecule has 0 spiro atoms. The van der Waals surface area contributed by atoms with Crippen LogP contribution in [0.25, 0.3) is 0 Å². The van der Waals surface area contributed by atoms with Gasteiger partial charge < -0.3 is 9.64 Å². The zero-order valence-electron chi connectivity index (χ0n) is 12.1. The van der Waals surface area contributed by atoms with E-state index in [2.05, 4.69) is 0 Å². The molecule has 0 saturated carbocycles. The predicted molar refractivity (Wildman–Crippen MR) is 70.0 cm³/mol. The molecule has 0 aromatic carbocycles. The van der Waals surface area contributed by atoms with E-state index in [-0.39, 0.29) is 11.4 Å². The fourth-order valence-corrected chi connectivity index (χ4v) is 0.879. The van der Waals surface area contributed by atoms with Crippen LogP contribution in [0, 0.1) is 0 Å². The van der Waals surface area contributed by atoms with Gasteiger partial charge in [-0.15, -0.1) is 0 Å². The van der Waals surface area contributed by atoms with E-state index in [0.29, 0.717) is 25.9 Å². The highest BCUT2D eigenvalue weighted by atomic mass is 16.5. The number of piperidine rings is 1. The highest BCUT2D eigenvalue weighted by Crippen LogP contribution is 2.02. The van der Waals surface area contributed by atoms with Crippen LogP contribution in [0.3, 0.4) is 0 Å². The molecule has 4 nitrogen and oxygen atoms in total. The second-order valence-corrected chi connectivity index (χ2v) is 4.50. The minimum atomic E-state index is 0.0417. The van der Waals surface area contributed by atoms with Crippen LogP contribution in [0.2, 0.25) is 0 Å². The Labute approximate surface area is 105 Å². The molecular formula is C13H27NO3. The Morgan fingerprint density at radius 2 is 1.53 bits per heavy atom. The molecule has 0 N–H and O–H groups in total. The van der Waals surface area contributed by atoms with Crippen molar-refractivity contribution in [2.45, 2.75) is 53.1 Å². The Kier molecular flexibility index (Phi) is 11.2. The van der Waals surface area contributed by atoms with Crippen LogP contribution in [0.15, 0.2) is 0 Å². The summed E-state index contributed by atoms with van der Waals surface area (Å²) < 4.78 is 4.94. The normalized spacial score (nSPS) is 15.2. The molecule has 1 saturated heterocycles. The Morgan fingerprint density at radius 1 is 1.18 bits per heavy atom. The fourth-order valence-electron chi connectivity index (χ4n) is 0.879. The minimum absolute atomic E-state index is 0.0417. The number of hydrogen-bond acceptors (Lipinski definition) is 3. The molecular weight excluding hydrogens is 218 g/mol. The number of ether oxygens (including phenoxy) is 1. The third kappa shape index (κ3) is 13.0. The van der Waals surface area contributed by atoms with Gasteiger partial charge in [0.15, 0.2) is 0 Å². The summed E-state index contributed by atoms with van der Waals surface area (Å²) in [6.07, 6.45) is 1.88. The van der Waals surface area contributed by atoms with Gasteiger partial charge in [0.1, 0.15) is 5.78 Å². The summed E-state index contributed by atoms with van der Waals surface area (Å²) in [5.74, 6) is 0.271. The van der Waals surface area contributed by atoms with Gasteiger partial charge in [0.05, 0.1) is 5.60 Å². The van der Waals surface area contributed by atoms with E-state index in [0.717, 1.165) is 6.41 Å². The lowest BCUT2D eigenvalue weighted by molar-refractivity contribution is -0.125. The zero-order valence-corrected chi connectivity index (χ0v) is 12.1. The summed E-state index contributed by atoms with van der Waals surface area (Å²) in [6, 6.07) is 0. The largest absolute Gasteiger partial charge is 0.379 e. The van der Waals surface area contributed by atoms with Gasteiger partial charge in [-0.25, -0.2) is 0 Å². The highest BCUT2D eigenvalue weighted by molar-refractivity contribution is 5.80. The number of methoxy groups -OCH3 is 1. The molecule has 1 fully saturated rings. The van der Waals surface area contributed by atoms with E-state index >= 15 is 0 Å². The van der Waals surface area contributed by atoms with Gasteiger partial charge in [-0.05, 0) is 20.8 Å². The van der Waals surface area contributed by atoms with Crippen LogP contribution < -0.4 is 0 Å². The van der Waals surface area contributed by atoms with Crippen LogP contribution in [0.1, 0.15) is 47.5 Å². The molecule has 4 heteroatoms. The van der Waals surface area contributed by atoms with Gasteiger partial charge in [0.2, 0.25) is 6.41 Å². The van der Waals surface area contributed by atoms with Crippen molar-refractivity contribution in [2.75, 3.05) is 20.2 Å². The molecule has 1 heterocycles. The molecule has 0 radical (unpaired) electrons. The van der Waals surface area contributed by atoms with E-state index in [1.807, 2.05) is 34.6 Å². The summed E-state index contributed by atoms with van der Waals surface area (Å²) in [7, 11) is 1.71. The maximum absolute atomic E-state index is 10.6. The summed E-state index contributed by atoms with van der Waals surface area (Å²) in [6.45, 7) is 11.3.